The number of carbonyl (C=O) groups excluding carboxylic acids is 1. The second-order valence-corrected chi connectivity index (χ2v) is 6.26. The molecule has 0 fully saturated rings. The van der Waals surface area contributed by atoms with Crippen LogP contribution in [0.3, 0.4) is 0 Å². The molecule has 1 aromatic heterocycles. The standard InChI is InChI=1S/C21H19ClN2O3/c1-26-20-11-15(13-24-21(25)17-5-7-18(22)8-6-17)4-9-19(20)27-14-16-3-2-10-23-12-16/h2-12H,13-14H2,1H3,(H,24,25). The van der Waals surface area contributed by atoms with Crippen molar-refractivity contribution in [3.8, 4) is 11.5 Å². The second kappa shape index (κ2) is 9.05. The molecule has 5 nitrogen and oxygen atoms in total. The minimum absolute atomic E-state index is 0.164. The van der Waals surface area contributed by atoms with Gasteiger partial charge in [0.1, 0.15) is 6.61 Å². The van der Waals surface area contributed by atoms with Crippen LogP contribution in [-0.4, -0.2) is 18.0 Å². The van der Waals surface area contributed by atoms with Crippen LogP contribution < -0.4 is 14.8 Å². The minimum atomic E-state index is -0.164. The normalized spacial score (nSPS) is 10.3. The van der Waals surface area contributed by atoms with Crippen LogP contribution in [0.1, 0.15) is 21.5 Å². The summed E-state index contributed by atoms with van der Waals surface area (Å²) in [5, 5.41) is 3.47. The fourth-order valence-electron chi connectivity index (χ4n) is 2.47. The number of methoxy groups -OCH3 is 1. The van der Waals surface area contributed by atoms with Crippen LogP contribution in [0, 0.1) is 0 Å². The zero-order chi connectivity index (χ0) is 19.1. The topological polar surface area (TPSA) is 60.5 Å². The molecule has 3 rings (SSSR count). The van der Waals surface area contributed by atoms with Crippen molar-refractivity contribution in [2.75, 3.05) is 7.11 Å². The van der Waals surface area contributed by atoms with Crippen LogP contribution in [0.2, 0.25) is 5.02 Å². The number of benzene rings is 2. The zero-order valence-electron chi connectivity index (χ0n) is 14.8. The van der Waals surface area contributed by atoms with Gasteiger partial charge in [-0.1, -0.05) is 23.7 Å². The highest BCUT2D eigenvalue weighted by Gasteiger charge is 2.09. The summed E-state index contributed by atoms with van der Waals surface area (Å²) in [4.78, 5) is 16.3. The van der Waals surface area contributed by atoms with Crippen molar-refractivity contribution in [2.24, 2.45) is 0 Å². The third-order valence-corrected chi connectivity index (χ3v) is 4.16. The molecule has 0 aliphatic heterocycles. The number of nitrogens with one attached hydrogen (secondary N) is 1. The maximum atomic E-state index is 12.2. The third kappa shape index (κ3) is 5.21. The maximum Gasteiger partial charge on any atom is 0.251 e. The molecule has 0 radical (unpaired) electrons. The van der Waals surface area contributed by atoms with E-state index in [1.54, 1.807) is 43.8 Å². The van der Waals surface area contributed by atoms with Gasteiger partial charge in [-0.15, -0.1) is 0 Å². The van der Waals surface area contributed by atoms with E-state index >= 15 is 0 Å². The lowest BCUT2D eigenvalue weighted by molar-refractivity contribution is 0.0951. The number of pyridine rings is 1. The van der Waals surface area contributed by atoms with Crippen molar-refractivity contribution >= 4 is 17.5 Å². The fourth-order valence-corrected chi connectivity index (χ4v) is 2.60. The van der Waals surface area contributed by atoms with Crippen molar-refractivity contribution < 1.29 is 14.3 Å². The quantitative estimate of drug-likeness (QED) is 0.663. The number of aromatic nitrogens is 1. The lowest BCUT2D eigenvalue weighted by atomic mass is 10.1. The number of halogens is 1. The molecule has 1 heterocycles. The van der Waals surface area contributed by atoms with Gasteiger partial charge in [-0.05, 0) is 48.0 Å². The summed E-state index contributed by atoms with van der Waals surface area (Å²) in [6.07, 6.45) is 3.48. The predicted octanol–water partition coefficient (Wildman–Crippen LogP) is 4.25. The SMILES string of the molecule is COc1cc(CNC(=O)c2ccc(Cl)cc2)ccc1OCc1cccnc1. The molecule has 0 aliphatic carbocycles. The molecule has 0 unspecified atom stereocenters. The zero-order valence-corrected chi connectivity index (χ0v) is 15.6. The van der Waals surface area contributed by atoms with Crippen molar-refractivity contribution in [2.45, 2.75) is 13.2 Å². The second-order valence-electron chi connectivity index (χ2n) is 5.82. The van der Waals surface area contributed by atoms with Gasteiger partial charge >= 0.3 is 0 Å². The fraction of sp³-hybridized carbons (Fsp3) is 0.143. The summed E-state index contributed by atoms with van der Waals surface area (Å²) in [6, 6.07) is 16.1. The van der Waals surface area contributed by atoms with Crippen molar-refractivity contribution in [3.63, 3.8) is 0 Å². The molecule has 0 aliphatic rings. The summed E-state index contributed by atoms with van der Waals surface area (Å²) in [5.74, 6) is 1.08. The Kier molecular flexibility index (Phi) is 6.28. The van der Waals surface area contributed by atoms with E-state index < -0.39 is 0 Å². The number of hydrogen-bond donors (Lipinski definition) is 1. The van der Waals surface area contributed by atoms with Gasteiger partial charge in [-0.2, -0.15) is 0 Å². The first-order valence-corrected chi connectivity index (χ1v) is 8.76. The lowest BCUT2D eigenvalue weighted by Gasteiger charge is -2.13. The summed E-state index contributed by atoms with van der Waals surface area (Å²) < 4.78 is 11.2. The number of hydrogen-bond acceptors (Lipinski definition) is 4. The van der Waals surface area contributed by atoms with E-state index in [9.17, 15) is 4.79 Å². The van der Waals surface area contributed by atoms with E-state index in [1.165, 1.54) is 0 Å². The molecule has 1 amide bonds. The number of carbonyl (C=O) groups is 1. The van der Waals surface area contributed by atoms with E-state index in [-0.39, 0.29) is 5.91 Å². The molecule has 3 aromatic rings. The highest BCUT2D eigenvalue weighted by Crippen LogP contribution is 2.28. The van der Waals surface area contributed by atoms with Gasteiger partial charge in [0, 0.05) is 35.1 Å². The Labute approximate surface area is 162 Å². The van der Waals surface area contributed by atoms with Gasteiger partial charge in [-0.25, -0.2) is 0 Å². The molecular formula is C21H19ClN2O3. The summed E-state index contributed by atoms with van der Waals surface area (Å²) in [7, 11) is 1.59. The van der Waals surface area contributed by atoms with E-state index in [4.69, 9.17) is 21.1 Å². The first kappa shape index (κ1) is 18.7. The summed E-state index contributed by atoms with van der Waals surface area (Å²) >= 11 is 5.84. The van der Waals surface area contributed by atoms with Gasteiger partial charge in [0.2, 0.25) is 0 Å². The van der Waals surface area contributed by atoms with E-state index in [1.807, 2.05) is 30.3 Å². The van der Waals surface area contributed by atoms with Gasteiger partial charge in [0.15, 0.2) is 11.5 Å². The van der Waals surface area contributed by atoms with Gasteiger partial charge in [0.25, 0.3) is 5.91 Å². The molecule has 138 valence electrons. The molecule has 0 saturated carbocycles. The van der Waals surface area contributed by atoms with E-state index in [0.29, 0.717) is 35.2 Å². The Morgan fingerprint density at radius 2 is 1.89 bits per heavy atom. The highest BCUT2D eigenvalue weighted by molar-refractivity contribution is 6.30. The Balaban J connectivity index is 1.61. The van der Waals surface area contributed by atoms with Crippen LogP contribution in [0.5, 0.6) is 11.5 Å². The number of nitrogens with zero attached hydrogens (tertiary/aromatic N) is 1. The minimum Gasteiger partial charge on any atom is -0.493 e. The molecule has 0 spiro atoms. The molecule has 6 heteroatoms. The Morgan fingerprint density at radius 3 is 2.59 bits per heavy atom. The predicted molar refractivity (Wildman–Crippen MR) is 104 cm³/mol. The number of ether oxygens (including phenoxy) is 2. The maximum absolute atomic E-state index is 12.2. The van der Waals surface area contributed by atoms with Crippen LogP contribution in [0.25, 0.3) is 0 Å². The average molecular weight is 383 g/mol. The van der Waals surface area contributed by atoms with Gasteiger partial charge in [0.05, 0.1) is 7.11 Å². The smallest absolute Gasteiger partial charge is 0.251 e. The monoisotopic (exact) mass is 382 g/mol. The highest BCUT2D eigenvalue weighted by atomic mass is 35.5. The average Bonchev–Trinajstić information content (AvgIpc) is 2.72. The van der Waals surface area contributed by atoms with Gasteiger partial charge < -0.3 is 14.8 Å². The summed E-state index contributed by atoms with van der Waals surface area (Å²) in [6.45, 7) is 0.775. The van der Waals surface area contributed by atoms with Crippen molar-refractivity contribution in [3.05, 3.63) is 88.7 Å². The first-order chi connectivity index (χ1) is 13.2. The molecule has 0 saturated heterocycles. The summed E-state index contributed by atoms with van der Waals surface area (Å²) in [5.41, 5.74) is 2.43. The largest absolute Gasteiger partial charge is 0.493 e. The van der Waals surface area contributed by atoms with Gasteiger partial charge in [-0.3, -0.25) is 9.78 Å². The lowest BCUT2D eigenvalue weighted by Crippen LogP contribution is -2.22. The molecule has 0 bridgehead atoms. The van der Waals surface area contributed by atoms with Crippen LogP contribution >= 0.6 is 11.6 Å². The molecule has 1 N–H and O–H groups in total. The van der Waals surface area contributed by atoms with Crippen LogP contribution in [-0.2, 0) is 13.2 Å². The number of rotatable bonds is 7. The van der Waals surface area contributed by atoms with Crippen LogP contribution in [0.4, 0.5) is 0 Å². The molecule has 0 atom stereocenters. The Bertz CT molecular complexity index is 899. The van der Waals surface area contributed by atoms with Crippen LogP contribution in [0.15, 0.2) is 67.0 Å². The molecule has 2 aromatic carbocycles. The van der Waals surface area contributed by atoms with E-state index in [0.717, 1.165) is 11.1 Å². The Hall–Kier alpha value is -3.05. The molecule has 27 heavy (non-hydrogen) atoms. The Morgan fingerprint density at radius 1 is 1.07 bits per heavy atom. The van der Waals surface area contributed by atoms with Crippen molar-refractivity contribution in [1.82, 2.24) is 10.3 Å². The molecular weight excluding hydrogens is 364 g/mol. The van der Waals surface area contributed by atoms with Crippen molar-refractivity contribution in [1.29, 1.82) is 0 Å². The van der Waals surface area contributed by atoms with E-state index in [2.05, 4.69) is 10.3 Å². The first-order valence-electron chi connectivity index (χ1n) is 8.38. The third-order valence-electron chi connectivity index (χ3n) is 3.90. The number of amides is 1.